The predicted octanol–water partition coefficient (Wildman–Crippen LogP) is 7.52. The first-order chi connectivity index (χ1) is 13.3. The topological polar surface area (TPSA) is 9.23 Å². The highest BCUT2D eigenvalue weighted by molar-refractivity contribution is 5.74. The van der Waals surface area contributed by atoms with Gasteiger partial charge in [0.05, 0.1) is 6.10 Å². The van der Waals surface area contributed by atoms with Gasteiger partial charge in [0.25, 0.3) is 0 Å². The van der Waals surface area contributed by atoms with Crippen LogP contribution in [-0.4, -0.2) is 6.10 Å². The summed E-state index contributed by atoms with van der Waals surface area (Å²) in [6.07, 6.45) is 4.30. The second-order valence-electron chi connectivity index (χ2n) is 7.74. The Morgan fingerprint density at radius 3 is 2.04 bits per heavy atom. The van der Waals surface area contributed by atoms with E-state index in [1.807, 2.05) is 56.3 Å². The Kier molecular flexibility index (Phi) is 5.99. The first-order valence-electron chi connectivity index (χ1n) is 9.66. The van der Waals surface area contributed by atoms with Crippen LogP contribution in [0.1, 0.15) is 44.4 Å². The first kappa shape index (κ1) is 19.9. The monoisotopic (exact) mass is 374 g/mol. The molecule has 3 aromatic carbocycles. The van der Waals surface area contributed by atoms with Crippen molar-refractivity contribution in [2.75, 3.05) is 0 Å². The average Bonchev–Trinajstić information content (AvgIpc) is 2.66. The smallest absolute Gasteiger partial charge is 0.130 e. The van der Waals surface area contributed by atoms with E-state index in [0.717, 1.165) is 28.0 Å². The number of benzene rings is 3. The molecule has 0 atom stereocenters. The van der Waals surface area contributed by atoms with Crippen molar-refractivity contribution in [1.29, 1.82) is 0 Å². The molecule has 3 aromatic rings. The van der Waals surface area contributed by atoms with Gasteiger partial charge in [0.1, 0.15) is 11.4 Å². The average molecular weight is 374 g/mol. The summed E-state index contributed by atoms with van der Waals surface area (Å²) in [5.41, 5.74) is 3.86. The molecule has 0 bridgehead atoms. The van der Waals surface area contributed by atoms with Gasteiger partial charge in [-0.2, -0.15) is 0 Å². The Balaban J connectivity index is 1.75. The van der Waals surface area contributed by atoms with E-state index in [4.69, 9.17) is 4.74 Å². The summed E-state index contributed by atoms with van der Waals surface area (Å²) in [6.45, 7) is 7.20. The maximum Gasteiger partial charge on any atom is 0.130 e. The Labute approximate surface area is 167 Å². The van der Waals surface area contributed by atoms with Gasteiger partial charge < -0.3 is 4.74 Å². The number of hydrogen-bond acceptors (Lipinski definition) is 1. The molecule has 0 N–H and O–H groups in total. The van der Waals surface area contributed by atoms with Gasteiger partial charge in [-0.05, 0) is 73.7 Å². The largest absolute Gasteiger partial charge is 0.491 e. The van der Waals surface area contributed by atoms with E-state index in [1.165, 1.54) is 0 Å². The molecule has 0 saturated heterocycles. The quantitative estimate of drug-likeness (QED) is 0.405. The van der Waals surface area contributed by atoms with Crippen LogP contribution in [0.5, 0.6) is 5.75 Å². The molecule has 28 heavy (non-hydrogen) atoms. The highest BCUT2D eigenvalue weighted by Gasteiger charge is 2.17. The lowest BCUT2D eigenvalue weighted by molar-refractivity contribution is 0.221. The minimum absolute atomic E-state index is 0.171. The molecule has 0 aliphatic carbocycles. The van der Waals surface area contributed by atoms with Crippen LogP contribution >= 0.6 is 0 Å². The van der Waals surface area contributed by atoms with Crippen molar-refractivity contribution in [2.24, 2.45) is 0 Å². The number of rotatable bonds is 6. The van der Waals surface area contributed by atoms with E-state index in [2.05, 4.69) is 42.5 Å². The number of hydrogen-bond donors (Lipinski definition) is 0. The van der Waals surface area contributed by atoms with E-state index >= 15 is 0 Å². The molecule has 0 saturated carbocycles. The Hall–Kier alpha value is -2.87. The zero-order chi connectivity index (χ0) is 20.1. The van der Waals surface area contributed by atoms with Crippen molar-refractivity contribution < 1.29 is 9.13 Å². The molecule has 0 unspecified atom stereocenters. The third-order valence-corrected chi connectivity index (χ3v) is 4.51. The van der Waals surface area contributed by atoms with Gasteiger partial charge >= 0.3 is 0 Å². The summed E-state index contributed by atoms with van der Waals surface area (Å²) in [4.78, 5) is 0. The molecular formula is C26H27FO. The van der Waals surface area contributed by atoms with Gasteiger partial charge in [0, 0.05) is 0 Å². The molecule has 0 radical (unpaired) electrons. The fraction of sp³-hybridized carbons (Fsp3) is 0.231. The first-order valence-corrected chi connectivity index (χ1v) is 9.66. The van der Waals surface area contributed by atoms with E-state index in [1.54, 1.807) is 13.8 Å². The molecule has 0 aromatic heterocycles. The van der Waals surface area contributed by atoms with Gasteiger partial charge in [0.15, 0.2) is 0 Å². The van der Waals surface area contributed by atoms with Crippen molar-refractivity contribution in [3.05, 3.63) is 89.5 Å². The lowest BCUT2D eigenvalue weighted by atomic mass is 9.98. The van der Waals surface area contributed by atoms with Crippen LogP contribution in [0.3, 0.4) is 0 Å². The van der Waals surface area contributed by atoms with Crippen LogP contribution in [0.15, 0.2) is 72.8 Å². The maximum absolute atomic E-state index is 14.0. The second-order valence-corrected chi connectivity index (χ2v) is 7.74. The summed E-state index contributed by atoms with van der Waals surface area (Å²) >= 11 is 0. The van der Waals surface area contributed by atoms with Crippen LogP contribution in [0.25, 0.3) is 23.3 Å². The molecule has 2 heteroatoms. The zero-order valence-corrected chi connectivity index (χ0v) is 16.9. The third kappa shape index (κ3) is 5.32. The van der Waals surface area contributed by atoms with Crippen LogP contribution in [0, 0.1) is 0 Å². The lowest BCUT2D eigenvalue weighted by Crippen LogP contribution is -2.08. The molecule has 0 amide bonds. The Bertz CT molecular complexity index is 929. The highest BCUT2D eigenvalue weighted by Crippen LogP contribution is 2.26. The van der Waals surface area contributed by atoms with Crippen molar-refractivity contribution in [3.63, 3.8) is 0 Å². The third-order valence-electron chi connectivity index (χ3n) is 4.51. The van der Waals surface area contributed by atoms with E-state index < -0.39 is 5.67 Å². The number of alkyl halides is 1. The van der Waals surface area contributed by atoms with Gasteiger partial charge in [-0.15, -0.1) is 0 Å². The van der Waals surface area contributed by atoms with Crippen molar-refractivity contribution in [3.8, 4) is 16.9 Å². The molecular weight excluding hydrogens is 347 g/mol. The van der Waals surface area contributed by atoms with Gasteiger partial charge in [-0.1, -0.05) is 66.7 Å². The van der Waals surface area contributed by atoms with E-state index in [9.17, 15) is 4.39 Å². The summed E-state index contributed by atoms with van der Waals surface area (Å²) in [5, 5.41) is 0. The van der Waals surface area contributed by atoms with E-state index in [-0.39, 0.29) is 6.10 Å². The molecule has 144 valence electrons. The van der Waals surface area contributed by atoms with Crippen LogP contribution in [0.2, 0.25) is 0 Å². The normalized spacial score (nSPS) is 11.9. The number of ether oxygens (including phenoxy) is 1. The lowest BCUT2D eigenvalue weighted by Gasteiger charge is -2.14. The second kappa shape index (κ2) is 8.43. The standard InChI is InChI=1S/C26H27FO/c1-19(2)28-25-16-12-22(13-17-25)23-7-5-6-21(18-23)9-8-20-10-14-24(15-11-20)26(3,4)27/h5-19H,1-4H3/b9-8-. The van der Waals surface area contributed by atoms with Gasteiger partial charge in [0.2, 0.25) is 0 Å². The van der Waals surface area contributed by atoms with E-state index in [0.29, 0.717) is 5.56 Å². The van der Waals surface area contributed by atoms with Crippen LogP contribution in [0.4, 0.5) is 4.39 Å². The SMILES string of the molecule is CC(C)Oc1ccc(-c2cccc(/C=C\c3ccc(C(C)(C)F)cc3)c2)cc1. The Morgan fingerprint density at radius 2 is 1.43 bits per heavy atom. The summed E-state index contributed by atoms with van der Waals surface area (Å²) in [5.74, 6) is 0.884. The summed E-state index contributed by atoms with van der Waals surface area (Å²) in [7, 11) is 0. The molecule has 0 aliphatic heterocycles. The minimum Gasteiger partial charge on any atom is -0.491 e. The Morgan fingerprint density at radius 1 is 0.786 bits per heavy atom. The minimum atomic E-state index is -1.31. The highest BCUT2D eigenvalue weighted by atomic mass is 19.1. The van der Waals surface area contributed by atoms with Gasteiger partial charge in [-0.25, -0.2) is 4.39 Å². The molecule has 0 fully saturated rings. The molecule has 0 heterocycles. The summed E-state index contributed by atoms with van der Waals surface area (Å²) < 4.78 is 19.7. The van der Waals surface area contributed by atoms with Gasteiger partial charge in [-0.3, -0.25) is 0 Å². The fourth-order valence-corrected chi connectivity index (χ4v) is 3.00. The molecule has 3 rings (SSSR count). The zero-order valence-electron chi connectivity index (χ0n) is 16.9. The summed E-state index contributed by atoms with van der Waals surface area (Å²) in [6, 6.07) is 24.2. The van der Waals surface area contributed by atoms with Crippen LogP contribution in [-0.2, 0) is 5.67 Å². The molecule has 0 spiro atoms. The van der Waals surface area contributed by atoms with Crippen LogP contribution < -0.4 is 4.74 Å². The maximum atomic E-state index is 14.0. The van der Waals surface area contributed by atoms with Crippen molar-refractivity contribution in [2.45, 2.75) is 39.5 Å². The fourth-order valence-electron chi connectivity index (χ4n) is 3.00. The number of halogens is 1. The van der Waals surface area contributed by atoms with Crippen molar-refractivity contribution in [1.82, 2.24) is 0 Å². The molecule has 1 nitrogen and oxygen atoms in total. The predicted molar refractivity (Wildman–Crippen MR) is 117 cm³/mol. The molecule has 0 aliphatic rings. The van der Waals surface area contributed by atoms with Crippen molar-refractivity contribution >= 4 is 12.2 Å².